The number of imidazole rings is 1. The van der Waals surface area contributed by atoms with E-state index in [2.05, 4.69) is 34.1 Å². The molecule has 0 radical (unpaired) electrons. The van der Waals surface area contributed by atoms with Gasteiger partial charge in [0.25, 0.3) is 0 Å². The second-order valence-electron chi connectivity index (χ2n) is 7.14. The van der Waals surface area contributed by atoms with Gasteiger partial charge in [-0.2, -0.15) is 0 Å². The quantitative estimate of drug-likeness (QED) is 0.575. The zero-order valence-electron chi connectivity index (χ0n) is 15.5. The highest BCUT2D eigenvalue weighted by Gasteiger charge is 2.24. The van der Waals surface area contributed by atoms with E-state index in [9.17, 15) is 0 Å². The van der Waals surface area contributed by atoms with E-state index in [1.807, 2.05) is 29.0 Å². The summed E-state index contributed by atoms with van der Waals surface area (Å²) in [6.07, 6.45) is 7.83. The molecule has 0 amide bonds. The number of piperidine rings is 1. The maximum Gasteiger partial charge on any atom is 0.214 e. The molecule has 6 nitrogen and oxygen atoms in total. The highest BCUT2D eigenvalue weighted by Crippen LogP contribution is 2.34. The second-order valence-corrected chi connectivity index (χ2v) is 8.08. The van der Waals surface area contributed by atoms with E-state index in [0.29, 0.717) is 12.5 Å². The van der Waals surface area contributed by atoms with Crippen LogP contribution in [0.25, 0.3) is 16.2 Å². The Kier molecular flexibility index (Phi) is 4.54. The van der Waals surface area contributed by atoms with Gasteiger partial charge in [0, 0.05) is 37.6 Å². The minimum Gasteiger partial charge on any atom is -0.347 e. The molecular weight excluding hydrogens is 368 g/mol. The van der Waals surface area contributed by atoms with Gasteiger partial charge in [0.15, 0.2) is 0 Å². The van der Waals surface area contributed by atoms with Crippen LogP contribution >= 0.6 is 11.3 Å². The smallest absolute Gasteiger partial charge is 0.214 e. The Hall–Kier alpha value is -2.77. The Labute approximate surface area is 167 Å². The number of fused-ring (bicyclic) bond motifs is 1. The molecule has 1 fully saturated rings. The minimum atomic E-state index is 0.581. The summed E-state index contributed by atoms with van der Waals surface area (Å²) in [6, 6.07) is 12.5. The number of benzene rings is 1. The largest absolute Gasteiger partial charge is 0.347 e. The number of pyridine rings is 1. The van der Waals surface area contributed by atoms with Gasteiger partial charge in [0.1, 0.15) is 0 Å². The first-order chi connectivity index (χ1) is 13.8. The lowest BCUT2D eigenvalue weighted by Crippen LogP contribution is -2.33. The molecule has 1 aromatic carbocycles. The average Bonchev–Trinajstić information content (AvgIpc) is 3.34. The predicted molar refractivity (Wildman–Crippen MR) is 113 cm³/mol. The van der Waals surface area contributed by atoms with Crippen molar-refractivity contribution >= 4 is 21.4 Å². The third kappa shape index (κ3) is 3.16. The van der Waals surface area contributed by atoms with Crippen LogP contribution in [0.1, 0.15) is 29.9 Å². The van der Waals surface area contributed by atoms with Crippen LogP contribution in [-0.2, 0) is 6.54 Å². The van der Waals surface area contributed by atoms with Gasteiger partial charge in [-0.1, -0.05) is 35.6 Å². The van der Waals surface area contributed by atoms with Crippen molar-refractivity contribution in [3.63, 3.8) is 0 Å². The molecule has 2 N–H and O–H groups in total. The number of rotatable bonds is 4. The van der Waals surface area contributed by atoms with Crippen LogP contribution in [0.4, 0.5) is 5.13 Å². The van der Waals surface area contributed by atoms with E-state index in [1.54, 1.807) is 17.5 Å². The standard InChI is InChI=1S/C21H22N6S/c22-12-16-4-1-2-6-18(16)15-7-10-26(11-8-15)21-25-27-14-19(24-20(27)28-21)17-5-3-9-23-13-17/h1-6,9,13-15H,7-8,10-12,22H2. The van der Waals surface area contributed by atoms with E-state index < -0.39 is 0 Å². The molecule has 3 aromatic heterocycles. The number of hydrogen-bond acceptors (Lipinski definition) is 6. The van der Waals surface area contributed by atoms with Crippen molar-refractivity contribution in [3.8, 4) is 11.3 Å². The molecule has 0 spiro atoms. The molecule has 4 heterocycles. The monoisotopic (exact) mass is 390 g/mol. The van der Waals surface area contributed by atoms with Gasteiger partial charge >= 0.3 is 0 Å². The van der Waals surface area contributed by atoms with Crippen LogP contribution in [0, 0.1) is 0 Å². The fourth-order valence-electron chi connectivity index (χ4n) is 3.97. The third-order valence-corrected chi connectivity index (χ3v) is 6.45. The van der Waals surface area contributed by atoms with Crippen LogP contribution in [-0.4, -0.2) is 32.7 Å². The first-order valence-corrected chi connectivity index (χ1v) is 10.4. The molecular formula is C21H22N6S. The molecule has 0 bridgehead atoms. The Morgan fingerprint density at radius 2 is 1.96 bits per heavy atom. The summed E-state index contributed by atoms with van der Waals surface area (Å²) >= 11 is 1.65. The summed E-state index contributed by atoms with van der Waals surface area (Å²) in [5.74, 6) is 0.581. The highest BCUT2D eigenvalue weighted by atomic mass is 32.1. The molecule has 0 saturated carbocycles. The maximum absolute atomic E-state index is 5.93. The van der Waals surface area contributed by atoms with E-state index in [4.69, 9.17) is 15.8 Å². The number of aromatic nitrogens is 4. The summed E-state index contributed by atoms with van der Waals surface area (Å²) in [4.78, 5) is 12.2. The lowest BCUT2D eigenvalue weighted by atomic mass is 9.86. The van der Waals surface area contributed by atoms with E-state index in [0.717, 1.165) is 47.3 Å². The lowest BCUT2D eigenvalue weighted by Gasteiger charge is -2.32. The molecule has 0 aliphatic carbocycles. The minimum absolute atomic E-state index is 0.581. The third-order valence-electron chi connectivity index (χ3n) is 5.47. The molecule has 1 aliphatic heterocycles. The molecule has 0 unspecified atom stereocenters. The van der Waals surface area contributed by atoms with E-state index >= 15 is 0 Å². The van der Waals surface area contributed by atoms with Crippen LogP contribution in [0.15, 0.2) is 55.0 Å². The van der Waals surface area contributed by atoms with Gasteiger partial charge in [-0.15, -0.1) is 5.10 Å². The first-order valence-electron chi connectivity index (χ1n) is 9.61. The molecule has 4 aromatic rings. The van der Waals surface area contributed by atoms with Gasteiger partial charge < -0.3 is 10.6 Å². The topological polar surface area (TPSA) is 72.3 Å². The van der Waals surface area contributed by atoms with Gasteiger partial charge in [-0.25, -0.2) is 9.50 Å². The normalized spacial score (nSPS) is 15.4. The van der Waals surface area contributed by atoms with Crippen molar-refractivity contribution in [3.05, 3.63) is 66.1 Å². The summed E-state index contributed by atoms with van der Waals surface area (Å²) in [5, 5.41) is 5.82. The van der Waals surface area contributed by atoms with Gasteiger partial charge in [-0.3, -0.25) is 4.98 Å². The Bertz CT molecular complexity index is 1050. The van der Waals surface area contributed by atoms with Gasteiger partial charge in [-0.05, 0) is 42.0 Å². The highest BCUT2D eigenvalue weighted by molar-refractivity contribution is 7.20. The molecule has 0 atom stereocenters. The Morgan fingerprint density at radius 3 is 2.71 bits per heavy atom. The molecule has 28 heavy (non-hydrogen) atoms. The SMILES string of the molecule is NCc1ccccc1C1CCN(c2nn3cc(-c4cccnc4)nc3s2)CC1. The zero-order valence-corrected chi connectivity index (χ0v) is 16.3. The average molecular weight is 391 g/mol. The number of anilines is 1. The number of nitrogens with two attached hydrogens (primary N) is 1. The summed E-state index contributed by atoms with van der Waals surface area (Å²) < 4.78 is 1.89. The summed E-state index contributed by atoms with van der Waals surface area (Å²) in [7, 11) is 0. The molecule has 1 saturated heterocycles. The van der Waals surface area contributed by atoms with Gasteiger partial charge in [0.05, 0.1) is 11.9 Å². The van der Waals surface area contributed by atoms with E-state index in [1.165, 1.54) is 11.1 Å². The van der Waals surface area contributed by atoms with Gasteiger partial charge in [0.2, 0.25) is 10.1 Å². The Balaban J connectivity index is 1.31. The van der Waals surface area contributed by atoms with Crippen molar-refractivity contribution in [1.29, 1.82) is 0 Å². The summed E-state index contributed by atoms with van der Waals surface area (Å²) in [5.41, 5.74) is 10.5. The van der Waals surface area contributed by atoms with Crippen LogP contribution in [0.2, 0.25) is 0 Å². The van der Waals surface area contributed by atoms with Crippen molar-refractivity contribution < 1.29 is 0 Å². The number of hydrogen-bond donors (Lipinski definition) is 1. The molecule has 142 valence electrons. The van der Waals surface area contributed by atoms with Crippen molar-refractivity contribution in [2.45, 2.75) is 25.3 Å². The first kappa shape index (κ1) is 17.3. The van der Waals surface area contributed by atoms with Crippen LogP contribution in [0.3, 0.4) is 0 Å². The molecule has 5 rings (SSSR count). The fourth-order valence-corrected chi connectivity index (χ4v) is 4.91. The zero-order chi connectivity index (χ0) is 18.9. The molecule has 7 heteroatoms. The summed E-state index contributed by atoms with van der Waals surface area (Å²) in [6.45, 7) is 2.63. The van der Waals surface area contributed by atoms with Crippen molar-refractivity contribution in [1.82, 2.24) is 19.6 Å². The van der Waals surface area contributed by atoms with Crippen LogP contribution < -0.4 is 10.6 Å². The number of nitrogens with zero attached hydrogens (tertiary/aromatic N) is 5. The van der Waals surface area contributed by atoms with Crippen molar-refractivity contribution in [2.24, 2.45) is 5.73 Å². The predicted octanol–water partition coefficient (Wildman–Crippen LogP) is 3.70. The maximum atomic E-state index is 5.93. The lowest BCUT2D eigenvalue weighted by molar-refractivity contribution is 0.501. The second kappa shape index (κ2) is 7.33. The Morgan fingerprint density at radius 1 is 1.11 bits per heavy atom. The van der Waals surface area contributed by atoms with E-state index in [-0.39, 0.29) is 0 Å². The fraction of sp³-hybridized carbons (Fsp3) is 0.286. The van der Waals surface area contributed by atoms with Crippen LogP contribution in [0.5, 0.6) is 0 Å². The van der Waals surface area contributed by atoms with Crippen molar-refractivity contribution in [2.75, 3.05) is 18.0 Å². The molecule has 1 aliphatic rings.